The third-order valence-electron chi connectivity index (χ3n) is 4.19. The molecule has 0 bridgehead atoms. The minimum absolute atomic E-state index is 0.395. The number of guanidine groups is 1. The number of hydrogen-bond donors (Lipinski definition) is 2. The van der Waals surface area contributed by atoms with E-state index >= 15 is 0 Å². The molecule has 1 aromatic carbocycles. The molecule has 24 heavy (non-hydrogen) atoms. The molecule has 1 aliphatic rings. The van der Waals surface area contributed by atoms with E-state index in [2.05, 4.69) is 54.7 Å². The van der Waals surface area contributed by atoms with E-state index in [1.165, 1.54) is 5.69 Å². The number of hydrogen-bond acceptors (Lipinski definition) is 3. The summed E-state index contributed by atoms with van der Waals surface area (Å²) in [5.74, 6) is 1.83. The van der Waals surface area contributed by atoms with Crippen LogP contribution in [0.15, 0.2) is 56.5 Å². The van der Waals surface area contributed by atoms with Crippen molar-refractivity contribution in [1.82, 2.24) is 10.6 Å². The van der Waals surface area contributed by atoms with E-state index in [1.54, 1.807) is 6.26 Å². The summed E-state index contributed by atoms with van der Waals surface area (Å²) in [6.45, 7) is 2.82. The third-order valence-corrected chi connectivity index (χ3v) is 4.86. The van der Waals surface area contributed by atoms with Gasteiger partial charge in [-0.15, -0.1) is 0 Å². The highest BCUT2D eigenvalue weighted by atomic mass is 79.9. The van der Waals surface area contributed by atoms with Crippen LogP contribution in [0.1, 0.15) is 12.2 Å². The van der Waals surface area contributed by atoms with Gasteiger partial charge in [0.2, 0.25) is 0 Å². The van der Waals surface area contributed by atoms with E-state index in [1.807, 2.05) is 25.2 Å². The Balaban J connectivity index is 1.47. The molecule has 1 fully saturated rings. The van der Waals surface area contributed by atoms with Crippen molar-refractivity contribution in [1.29, 1.82) is 0 Å². The molecule has 2 aromatic rings. The number of aliphatic imine (C=N–C) groups is 1. The summed E-state index contributed by atoms with van der Waals surface area (Å²) < 4.78 is 6.49. The minimum Gasteiger partial charge on any atom is -0.469 e. The zero-order valence-electron chi connectivity index (χ0n) is 13.8. The van der Waals surface area contributed by atoms with Crippen LogP contribution in [-0.4, -0.2) is 38.7 Å². The van der Waals surface area contributed by atoms with Gasteiger partial charge in [0.05, 0.1) is 12.0 Å². The van der Waals surface area contributed by atoms with Crippen molar-refractivity contribution in [3.05, 3.63) is 52.9 Å². The van der Waals surface area contributed by atoms with Crippen LogP contribution < -0.4 is 15.5 Å². The molecule has 6 heteroatoms. The third kappa shape index (κ3) is 4.32. The molecule has 1 saturated heterocycles. The summed E-state index contributed by atoms with van der Waals surface area (Å²) in [5.41, 5.74) is 1.25. The van der Waals surface area contributed by atoms with Gasteiger partial charge in [-0.2, -0.15) is 0 Å². The molecular formula is C18H23BrN4O. The maximum absolute atomic E-state index is 5.35. The number of rotatable bonds is 5. The van der Waals surface area contributed by atoms with E-state index in [0.717, 1.165) is 48.7 Å². The molecule has 5 nitrogen and oxygen atoms in total. The zero-order chi connectivity index (χ0) is 16.8. The van der Waals surface area contributed by atoms with Crippen molar-refractivity contribution >= 4 is 27.6 Å². The van der Waals surface area contributed by atoms with Gasteiger partial charge in [-0.25, -0.2) is 0 Å². The first-order chi connectivity index (χ1) is 11.8. The molecule has 1 aromatic heterocycles. The van der Waals surface area contributed by atoms with Crippen LogP contribution in [0.5, 0.6) is 0 Å². The molecule has 1 aliphatic heterocycles. The molecule has 1 unspecified atom stereocenters. The monoisotopic (exact) mass is 390 g/mol. The fourth-order valence-electron chi connectivity index (χ4n) is 2.95. The van der Waals surface area contributed by atoms with E-state index in [4.69, 9.17) is 4.42 Å². The summed E-state index contributed by atoms with van der Waals surface area (Å²) in [5, 5.41) is 6.87. The average Bonchev–Trinajstić information content (AvgIpc) is 3.26. The van der Waals surface area contributed by atoms with Crippen molar-refractivity contribution < 1.29 is 4.42 Å². The molecule has 3 rings (SSSR count). The SMILES string of the molecule is CN=C(NCCc1ccco1)NC1CCN(c2ccccc2Br)C1. The van der Waals surface area contributed by atoms with Crippen LogP contribution in [0.25, 0.3) is 0 Å². The molecule has 0 aliphatic carbocycles. The van der Waals surface area contributed by atoms with E-state index in [0.29, 0.717) is 6.04 Å². The Hall–Kier alpha value is -1.95. The largest absolute Gasteiger partial charge is 0.469 e. The maximum atomic E-state index is 5.35. The van der Waals surface area contributed by atoms with Crippen molar-refractivity contribution in [2.24, 2.45) is 4.99 Å². The highest BCUT2D eigenvalue weighted by molar-refractivity contribution is 9.10. The first-order valence-corrected chi connectivity index (χ1v) is 9.04. The van der Waals surface area contributed by atoms with Gasteiger partial charge in [0.15, 0.2) is 5.96 Å². The van der Waals surface area contributed by atoms with Gasteiger partial charge in [-0.3, -0.25) is 4.99 Å². The quantitative estimate of drug-likeness (QED) is 0.608. The number of nitrogens with one attached hydrogen (secondary N) is 2. The Morgan fingerprint density at radius 1 is 1.33 bits per heavy atom. The lowest BCUT2D eigenvalue weighted by atomic mass is 10.2. The van der Waals surface area contributed by atoms with Crippen molar-refractivity contribution in [2.75, 3.05) is 31.6 Å². The molecule has 128 valence electrons. The van der Waals surface area contributed by atoms with Crippen molar-refractivity contribution in [3.63, 3.8) is 0 Å². The van der Waals surface area contributed by atoms with Crippen LogP contribution in [0, 0.1) is 0 Å². The summed E-state index contributed by atoms with van der Waals surface area (Å²) in [6.07, 6.45) is 3.65. The normalized spacial score (nSPS) is 18.0. The standard InChI is InChI=1S/C18H23BrN4O/c1-20-18(21-10-8-15-5-4-12-24-15)22-14-9-11-23(13-14)17-7-3-2-6-16(17)19/h2-7,12,14H,8-11,13H2,1H3,(H2,20,21,22). The van der Waals surface area contributed by atoms with Gasteiger partial charge < -0.3 is 20.0 Å². The molecule has 0 radical (unpaired) electrons. The van der Waals surface area contributed by atoms with E-state index < -0.39 is 0 Å². The van der Waals surface area contributed by atoms with Crippen molar-refractivity contribution in [2.45, 2.75) is 18.9 Å². The summed E-state index contributed by atoms with van der Waals surface area (Å²) in [7, 11) is 1.81. The lowest BCUT2D eigenvalue weighted by Gasteiger charge is -2.21. The van der Waals surface area contributed by atoms with Gasteiger partial charge in [0.25, 0.3) is 0 Å². The number of nitrogens with zero attached hydrogens (tertiary/aromatic N) is 2. The van der Waals surface area contributed by atoms with Gasteiger partial charge in [-0.1, -0.05) is 12.1 Å². The van der Waals surface area contributed by atoms with Gasteiger partial charge >= 0.3 is 0 Å². The Labute approximate surface area is 151 Å². The predicted molar refractivity (Wildman–Crippen MR) is 102 cm³/mol. The Morgan fingerprint density at radius 2 is 2.21 bits per heavy atom. The lowest BCUT2D eigenvalue weighted by molar-refractivity contribution is 0.506. The van der Waals surface area contributed by atoms with Crippen LogP contribution in [0.2, 0.25) is 0 Å². The highest BCUT2D eigenvalue weighted by Crippen LogP contribution is 2.28. The maximum Gasteiger partial charge on any atom is 0.191 e. The van der Waals surface area contributed by atoms with Gasteiger partial charge in [0, 0.05) is 43.6 Å². The summed E-state index contributed by atoms with van der Waals surface area (Å²) in [6, 6.07) is 12.7. The number of benzene rings is 1. The second kappa shape index (κ2) is 8.24. The van der Waals surface area contributed by atoms with E-state index in [-0.39, 0.29) is 0 Å². The zero-order valence-corrected chi connectivity index (χ0v) is 15.4. The smallest absolute Gasteiger partial charge is 0.191 e. The molecule has 2 N–H and O–H groups in total. The second-order valence-corrected chi connectivity index (χ2v) is 6.71. The van der Waals surface area contributed by atoms with E-state index in [9.17, 15) is 0 Å². The number of furan rings is 1. The molecule has 0 amide bonds. The van der Waals surface area contributed by atoms with Crippen molar-refractivity contribution in [3.8, 4) is 0 Å². The Bertz CT molecular complexity index is 671. The molecule has 2 heterocycles. The predicted octanol–water partition coefficient (Wildman–Crippen LogP) is 3.03. The topological polar surface area (TPSA) is 52.8 Å². The average molecular weight is 391 g/mol. The first-order valence-electron chi connectivity index (χ1n) is 8.25. The number of para-hydroxylation sites is 1. The summed E-state index contributed by atoms with van der Waals surface area (Å²) in [4.78, 5) is 6.72. The van der Waals surface area contributed by atoms with Gasteiger partial charge in [0.1, 0.15) is 5.76 Å². The van der Waals surface area contributed by atoms with Crippen LogP contribution in [-0.2, 0) is 6.42 Å². The fourth-order valence-corrected chi connectivity index (χ4v) is 3.49. The molecule has 1 atom stereocenters. The summed E-state index contributed by atoms with van der Waals surface area (Å²) >= 11 is 3.64. The van der Waals surface area contributed by atoms with Crippen LogP contribution in [0.4, 0.5) is 5.69 Å². The Morgan fingerprint density at radius 3 is 2.96 bits per heavy atom. The van der Waals surface area contributed by atoms with Crippen LogP contribution in [0.3, 0.4) is 0 Å². The highest BCUT2D eigenvalue weighted by Gasteiger charge is 2.24. The molecular weight excluding hydrogens is 368 g/mol. The minimum atomic E-state index is 0.395. The molecule has 0 spiro atoms. The second-order valence-electron chi connectivity index (χ2n) is 5.86. The number of anilines is 1. The Kier molecular flexibility index (Phi) is 5.80. The lowest BCUT2D eigenvalue weighted by Crippen LogP contribution is -2.45. The number of halogens is 1. The fraction of sp³-hybridized carbons (Fsp3) is 0.389. The van der Waals surface area contributed by atoms with Crippen LogP contribution >= 0.6 is 15.9 Å². The molecule has 0 saturated carbocycles. The van der Waals surface area contributed by atoms with Gasteiger partial charge in [-0.05, 0) is 46.6 Å². The first kappa shape index (κ1) is 16.9.